The number of carbonyl (C=O) groups excluding carboxylic acids is 1. The Labute approximate surface area is 99.8 Å². The van der Waals surface area contributed by atoms with E-state index in [2.05, 4.69) is 37.7 Å². The van der Waals surface area contributed by atoms with Gasteiger partial charge in [-0.05, 0) is 46.7 Å². The molecule has 2 unspecified atom stereocenters. The Morgan fingerprint density at radius 3 is 2.25 bits per heavy atom. The number of amides is 1. The van der Waals surface area contributed by atoms with Gasteiger partial charge in [-0.2, -0.15) is 0 Å². The number of nitrogens with zero attached hydrogens (tertiary/aromatic N) is 2. The van der Waals surface area contributed by atoms with E-state index in [9.17, 15) is 4.79 Å². The van der Waals surface area contributed by atoms with Crippen molar-refractivity contribution in [3.05, 3.63) is 0 Å². The van der Waals surface area contributed by atoms with Crippen molar-refractivity contribution in [2.45, 2.75) is 45.6 Å². The molecule has 1 rings (SSSR count). The predicted molar refractivity (Wildman–Crippen MR) is 67.4 cm³/mol. The third kappa shape index (κ3) is 3.78. The fourth-order valence-corrected chi connectivity index (χ4v) is 2.25. The van der Waals surface area contributed by atoms with Gasteiger partial charge < -0.3 is 9.80 Å². The summed E-state index contributed by atoms with van der Waals surface area (Å²) in [4.78, 5) is 16.4. The Balaban J connectivity index is 2.40. The first-order valence-corrected chi connectivity index (χ1v) is 6.47. The first-order valence-electron chi connectivity index (χ1n) is 6.47. The van der Waals surface area contributed by atoms with Gasteiger partial charge in [0.15, 0.2) is 0 Å². The Kier molecular flexibility index (Phi) is 5.26. The van der Waals surface area contributed by atoms with E-state index in [1.807, 2.05) is 0 Å². The van der Waals surface area contributed by atoms with E-state index in [1.165, 1.54) is 19.3 Å². The smallest absolute Gasteiger partial charge is 0.225 e. The van der Waals surface area contributed by atoms with E-state index in [-0.39, 0.29) is 5.92 Å². The highest BCUT2D eigenvalue weighted by Gasteiger charge is 2.23. The molecule has 1 amide bonds. The lowest BCUT2D eigenvalue weighted by Gasteiger charge is -2.31. The molecule has 0 bridgehead atoms. The molecule has 1 saturated heterocycles. The molecule has 16 heavy (non-hydrogen) atoms. The molecule has 0 aromatic heterocycles. The molecule has 3 heteroatoms. The minimum atomic E-state index is 0.162. The molecule has 0 aromatic carbocycles. The van der Waals surface area contributed by atoms with Gasteiger partial charge in [0.2, 0.25) is 5.91 Å². The summed E-state index contributed by atoms with van der Waals surface area (Å²) >= 11 is 0. The average molecular weight is 226 g/mol. The second kappa shape index (κ2) is 6.24. The van der Waals surface area contributed by atoms with Crippen LogP contribution >= 0.6 is 0 Å². The normalized spacial score (nSPS) is 20.9. The van der Waals surface area contributed by atoms with E-state index < -0.39 is 0 Å². The molecule has 3 nitrogen and oxygen atoms in total. The van der Waals surface area contributed by atoms with Crippen LogP contribution in [0.3, 0.4) is 0 Å². The van der Waals surface area contributed by atoms with Crippen LogP contribution in [0.15, 0.2) is 0 Å². The van der Waals surface area contributed by atoms with Gasteiger partial charge in [-0.25, -0.2) is 0 Å². The third-order valence-corrected chi connectivity index (χ3v) is 3.67. The van der Waals surface area contributed by atoms with Crippen molar-refractivity contribution >= 4 is 5.91 Å². The quantitative estimate of drug-likeness (QED) is 0.732. The van der Waals surface area contributed by atoms with Crippen molar-refractivity contribution in [1.82, 2.24) is 9.80 Å². The molecule has 1 aliphatic heterocycles. The van der Waals surface area contributed by atoms with Crippen LogP contribution in [-0.4, -0.2) is 48.9 Å². The van der Waals surface area contributed by atoms with E-state index in [4.69, 9.17) is 0 Å². The van der Waals surface area contributed by atoms with Gasteiger partial charge in [-0.3, -0.25) is 4.79 Å². The van der Waals surface area contributed by atoms with Crippen molar-refractivity contribution in [2.75, 3.05) is 27.2 Å². The van der Waals surface area contributed by atoms with Crippen molar-refractivity contribution in [3.63, 3.8) is 0 Å². The molecule has 94 valence electrons. The first kappa shape index (κ1) is 13.5. The van der Waals surface area contributed by atoms with Gasteiger partial charge in [0.05, 0.1) is 0 Å². The Morgan fingerprint density at radius 1 is 1.19 bits per heavy atom. The van der Waals surface area contributed by atoms with Gasteiger partial charge in [0.1, 0.15) is 0 Å². The lowest BCUT2D eigenvalue weighted by atomic mass is 9.99. The van der Waals surface area contributed by atoms with Crippen molar-refractivity contribution in [2.24, 2.45) is 5.92 Å². The number of carbonyl (C=O) groups is 1. The maximum atomic E-state index is 12.2. The van der Waals surface area contributed by atoms with Crippen LogP contribution in [0, 0.1) is 5.92 Å². The molecule has 0 spiro atoms. The number of likely N-dealkylation sites (tertiary alicyclic amines) is 1. The number of hydrogen-bond donors (Lipinski definition) is 0. The van der Waals surface area contributed by atoms with Crippen LogP contribution in [0.2, 0.25) is 0 Å². The van der Waals surface area contributed by atoms with Crippen molar-refractivity contribution in [3.8, 4) is 0 Å². The number of piperidine rings is 1. The fourth-order valence-electron chi connectivity index (χ4n) is 2.25. The van der Waals surface area contributed by atoms with E-state index in [0.717, 1.165) is 19.5 Å². The zero-order valence-corrected chi connectivity index (χ0v) is 11.2. The van der Waals surface area contributed by atoms with Gasteiger partial charge >= 0.3 is 0 Å². The Morgan fingerprint density at radius 2 is 1.75 bits per heavy atom. The summed E-state index contributed by atoms with van der Waals surface area (Å²) in [7, 11) is 4.14. The Hall–Kier alpha value is -0.570. The summed E-state index contributed by atoms with van der Waals surface area (Å²) in [5.41, 5.74) is 0. The minimum absolute atomic E-state index is 0.162. The fraction of sp³-hybridized carbons (Fsp3) is 0.923. The molecule has 0 saturated carbocycles. The molecular weight excluding hydrogens is 200 g/mol. The van der Waals surface area contributed by atoms with E-state index in [0.29, 0.717) is 11.9 Å². The van der Waals surface area contributed by atoms with Crippen molar-refractivity contribution in [1.29, 1.82) is 0 Å². The summed E-state index contributed by atoms with van der Waals surface area (Å²) in [5, 5.41) is 0. The third-order valence-electron chi connectivity index (χ3n) is 3.67. The van der Waals surface area contributed by atoms with Crippen LogP contribution < -0.4 is 0 Å². The molecule has 1 aliphatic rings. The molecular formula is C13H26N2O. The SMILES string of the molecule is CC(CC(C)N(C)C)C(=O)N1CCCCC1. The predicted octanol–water partition coefficient (Wildman–Crippen LogP) is 1.98. The van der Waals surface area contributed by atoms with Crippen LogP contribution in [0.25, 0.3) is 0 Å². The molecule has 0 radical (unpaired) electrons. The molecule has 1 heterocycles. The monoisotopic (exact) mass is 226 g/mol. The van der Waals surface area contributed by atoms with Crippen LogP contribution in [0.1, 0.15) is 39.5 Å². The number of rotatable bonds is 4. The largest absolute Gasteiger partial charge is 0.342 e. The van der Waals surface area contributed by atoms with Crippen molar-refractivity contribution < 1.29 is 4.79 Å². The molecule has 0 N–H and O–H groups in total. The standard InChI is InChI=1S/C13H26N2O/c1-11(10-12(2)14(3)4)13(16)15-8-6-5-7-9-15/h11-12H,5-10H2,1-4H3. The Bertz CT molecular complexity index is 222. The lowest BCUT2D eigenvalue weighted by Crippen LogP contribution is -2.40. The van der Waals surface area contributed by atoms with Crippen LogP contribution in [0.4, 0.5) is 0 Å². The summed E-state index contributed by atoms with van der Waals surface area (Å²) < 4.78 is 0. The summed E-state index contributed by atoms with van der Waals surface area (Å²) in [6.07, 6.45) is 4.61. The zero-order chi connectivity index (χ0) is 12.1. The minimum Gasteiger partial charge on any atom is -0.342 e. The molecule has 0 aromatic rings. The van der Waals surface area contributed by atoms with E-state index in [1.54, 1.807) is 0 Å². The highest BCUT2D eigenvalue weighted by Crippen LogP contribution is 2.16. The molecule has 2 atom stereocenters. The second-order valence-electron chi connectivity index (χ2n) is 5.34. The maximum Gasteiger partial charge on any atom is 0.225 e. The first-order chi connectivity index (χ1) is 7.52. The second-order valence-corrected chi connectivity index (χ2v) is 5.34. The van der Waals surface area contributed by atoms with Gasteiger partial charge in [-0.1, -0.05) is 6.92 Å². The molecule has 1 fully saturated rings. The average Bonchev–Trinajstić information content (AvgIpc) is 2.28. The number of hydrogen-bond acceptors (Lipinski definition) is 2. The zero-order valence-electron chi connectivity index (χ0n) is 11.2. The van der Waals surface area contributed by atoms with Crippen LogP contribution in [0.5, 0.6) is 0 Å². The van der Waals surface area contributed by atoms with Gasteiger partial charge in [-0.15, -0.1) is 0 Å². The lowest BCUT2D eigenvalue weighted by molar-refractivity contribution is -0.136. The van der Waals surface area contributed by atoms with Gasteiger partial charge in [0.25, 0.3) is 0 Å². The summed E-state index contributed by atoms with van der Waals surface area (Å²) in [6.45, 7) is 6.19. The summed E-state index contributed by atoms with van der Waals surface area (Å²) in [5.74, 6) is 0.518. The summed E-state index contributed by atoms with van der Waals surface area (Å²) in [6, 6.07) is 0.476. The molecule has 0 aliphatic carbocycles. The topological polar surface area (TPSA) is 23.6 Å². The highest BCUT2D eigenvalue weighted by atomic mass is 16.2. The van der Waals surface area contributed by atoms with E-state index >= 15 is 0 Å². The van der Waals surface area contributed by atoms with Gasteiger partial charge in [0, 0.05) is 25.0 Å². The van der Waals surface area contributed by atoms with Crippen LogP contribution in [-0.2, 0) is 4.79 Å². The highest BCUT2D eigenvalue weighted by molar-refractivity contribution is 5.78. The maximum absolute atomic E-state index is 12.2.